The zero-order valence-corrected chi connectivity index (χ0v) is 12.7. The number of aromatic nitrogens is 1. The molecule has 1 aliphatic rings. The van der Waals surface area contributed by atoms with Gasteiger partial charge in [-0.3, -0.25) is 14.7 Å². The zero-order valence-electron chi connectivity index (χ0n) is 12.7. The van der Waals surface area contributed by atoms with Gasteiger partial charge >= 0.3 is 0 Å². The fourth-order valence-electron chi connectivity index (χ4n) is 2.65. The number of rotatable bonds is 3. The van der Waals surface area contributed by atoms with E-state index in [-0.39, 0.29) is 17.4 Å². The molecule has 1 fully saturated rings. The number of amides is 1. The van der Waals surface area contributed by atoms with Gasteiger partial charge in [-0.2, -0.15) is 0 Å². The molecule has 0 spiro atoms. The predicted octanol–water partition coefficient (Wildman–Crippen LogP) is 2.21. The van der Waals surface area contributed by atoms with Crippen molar-refractivity contribution in [3.8, 4) is 0 Å². The van der Waals surface area contributed by atoms with Crippen LogP contribution in [-0.4, -0.2) is 34.4 Å². The van der Waals surface area contributed by atoms with E-state index >= 15 is 0 Å². The molecule has 1 amide bonds. The Balaban J connectivity index is 1.78. The highest BCUT2D eigenvalue weighted by molar-refractivity contribution is 5.78. The quantitative estimate of drug-likeness (QED) is 0.920. The molecule has 0 bridgehead atoms. The van der Waals surface area contributed by atoms with Gasteiger partial charge in [-0.05, 0) is 58.3 Å². The van der Waals surface area contributed by atoms with Crippen molar-refractivity contribution in [1.82, 2.24) is 15.2 Å². The van der Waals surface area contributed by atoms with Crippen LogP contribution in [0, 0.1) is 5.92 Å². The van der Waals surface area contributed by atoms with Crippen molar-refractivity contribution in [2.24, 2.45) is 5.92 Å². The third-order valence-electron chi connectivity index (χ3n) is 4.00. The Morgan fingerprint density at radius 3 is 2.65 bits per heavy atom. The van der Waals surface area contributed by atoms with Crippen LogP contribution in [0.2, 0.25) is 0 Å². The molecule has 1 N–H and O–H groups in total. The first-order valence-electron chi connectivity index (χ1n) is 7.38. The highest BCUT2D eigenvalue weighted by Crippen LogP contribution is 2.23. The number of hydrogen-bond donors (Lipinski definition) is 1. The summed E-state index contributed by atoms with van der Waals surface area (Å²) in [7, 11) is 0. The molecule has 1 saturated heterocycles. The molecule has 1 aromatic heterocycles. The van der Waals surface area contributed by atoms with Crippen LogP contribution in [0.3, 0.4) is 0 Å². The molecule has 0 aromatic carbocycles. The second kappa shape index (κ2) is 6.35. The molecule has 0 unspecified atom stereocenters. The zero-order chi connectivity index (χ0) is 14.6. The van der Waals surface area contributed by atoms with E-state index in [0.717, 1.165) is 31.5 Å². The highest BCUT2D eigenvalue weighted by Gasteiger charge is 2.29. The maximum atomic E-state index is 12.2. The molecular weight excluding hydrogens is 250 g/mol. The van der Waals surface area contributed by atoms with Gasteiger partial charge in [0.1, 0.15) is 0 Å². The minimum absolute atomic E-state index is 0.158. The van der Waals surface area contributed by atoms with Crippen LogP contribution in [0.5, 0.6) is 0 Å². The van der Waals surface area contributed by atoms with E-state index in [1.807, 2.05) is 12.1 Å². The molecule has 110 valence electrons. The largest absolute Gasteiger partial charge is 0.352 e. The predicted molar refractivity (Wildman–Crippen MR) is 80.1 cm³/mol. The second-order valence-corrected chi connectivity index (χ2v) is 6.51. The Hall–Kier alpha value is -1.42. The summed E-state index contributed by atoms with van der Waals surface area (Å²) < 4.78 is 0. The summed E-state index contributed by atoms with van der Waals surface area (Å²) in [6.07, 6.45) is 5.45. The number of carbonyl (C=O) groups is 1. The lowest BCUT2D eigenvalue weighted by atomic mass is 9.92. The van der Waals surface area contributed by atoms with Gasteiger partial charge in [0, 0.05) is 30.4 Å². The average molecular weight is 275 g/mol. The minimum atomic E-state index is 0.158. The monoisotopic (exact) mass is 275 g/mol. The third kappa shape index (κ3) is 4.04. The number of nitrogens with zero attached hydrogens (tertiary/aromatic N) is 2. The number of carbonyl (C=O) groups excluding carboxylic acids is 1. The first-order valence-corrected chi connectivity index (χ1v) is 7.38. The Kier molecular flexibility index (Phi) is 4.76. The summed E-state index contributed by atoms with van der Waals surface area (Å²) >= 11 is 0. The molecule has 1 aliphatic heterocycles. The van der Waals surface area contributed by atoms with Crippen molar-refractivity contribution in [2.75, 3.05) is 13.1 Å². The average Bonchev–Trinajstić information content (AvgIpc) is 2.45. The number of piperidine rings is 1. The molecule has 0 radical (unpaired) electrons. The summed E-state index contributed by atoms with van der Waals surface area (Å²) in [5, 5.41) is 3.02. The summed E-state index contributed by atoms with van der Waals surface area (Å²) in [6.45, 7) is 9.29. The van der Waals surface area contributed by atoms with E-state index in [1.54, 1.807) is 12.4 Å². The van der Waals surface area contributed by atoms with Crippen molar-refractivity contribution >= 4 is 5.91 Å². The normalized spacial score (nSPS) is 17.9. The molecule has 2 heterocycles. The van der Waals surface area contributed by atoms with Gasteiger partial charge < -0.3 is 5.32 Å². The second-order valence-electron chi connectivity index (χ2n) is 6.51. The highest BCUT2D eigenvalue weighted by atomic mass is 16.1. The Morgan fingerprint density at radius 2 is 2.10 bits per heavy atom. The fraction of sp³-hybridized carbons (Fsp3) is 0.625. The van der Waals surface area contributed by atoms with Gasteiger partial charge in [0.25, 0.3) is 0 Å². The van der Waals surface area contributed by atoms with Gasteiger partial charge in [-0.15, -0.1) is 0 Å². The van der Waals surface area contributed by atoms with Gasteiger partial charge in [0.05, 0.1) is 0 Å². The number of likely N-dealkylation sites (tertiary alicyclic amines) is 1. The molecular formula is C16H25N3O. The maximum absolute atomic E-state index is 12.2. The Bertz CT molecular complexity index is 431. The lowest BCUT2D eigenvalue weighted by Crippen LogP contribution is -2.48. The summed E-state index contributed by atoms with van der Waals surface area (Å²) in [5.41, 5.74) is 1.25. The molecule has 1 aromatic rings. The van der Waals surface area contributed by atoms with E-state index in [1.165, 1.54) is 0 Å². The lowest BCUT2D eigenvalue weighted by molar-refractivity contribution is -0.127. The Morgan fingerprint density at radius 1 is 1.40 bits per heavy atom. The molecule has 0 saturated carbocycles. The molecule has 4 heteroatoms. The molecule has 4 nitrogen and oxygen atoms in total. The summed E-state index contributed by atoms with van der Waals surface area (Å²) in [4.78, 5) is 18.7. The van der Waals surface area contributed by atoms with Crippen LogP contribution in [0.25, 0.3) is 0 Å². The van der Waals surface area contributed by atoms with Gasteiger partial charge in [-0.25, -0.2) is 0 Å². The van der Waals surface area contributed by atoms with Crippen LogP contribution in [0.15, 0.2) is 24.5 Å². The van der Waals surface area contributed by atoms with Gasteiger partial charge in [-0.1, -0.05) is 6.07 Å². The van der Waals surface area contributed by atoms with E-state index in [9.17, 15) is 4.79 Å². The van der Waals surface area contributed by atoms with Crippen LogP contribution < -0.4 is 5.32 Å². The topological polar surface area (TPSA) is 45.2 Å². The van der Waals surface area contributed by atoms with Crippen molar-refractivity contribution in [3.63, 3.8) is 0 Å². The van der Waals surface area contributed by atoms with Crippen molar-refractivity contribution < 1.29 is 4.79 Å². The first-order chi connectivity index (χ1) is 9.47. The number of hydrogen-bond acceptors (Lipinski definition) is 3. The fourth-order valence-corrected chi connectivity index (χ4v) is 2.65. The standard InChI is InChI=1S/C16H25N3O/c1-16(2,3)19-9-6-14(7-10-19)15(20)18-12-13-5-4-8-17-11-13/h4-5,8,11,14H,6-7,9-10,12H2,1-3H3,(H,18,20). The number of nitrogens with one attached hydrogen (secondary N) is 1. The molecule has 2 rings (SSSR count). The van der Waals surface area contributed by atoms with E-state index in [0.29, 0.717) is 6.54 Å². The molecule has 20 heavy (non-hydrogen) atoms. The van der Waals surface area contributed by atoms with Crippen LogP contribution in [-0.2, 0) is 11.3 Å². The molecule has 0 aliphatic carbocycles. The lowest BCUT2D eigenvalue weighted by Gasteiger charge is -2.40. The smallest absolute Gasteiger partial charge is 0.223 e. The summed E-state index contributed by atoms with van der Waals surface area (Å²) in [6, 6.07) is 3.87. The summed E-state index contributed by atoms with van der Waals surface area (Å²) in [5.74, 6) is 0.340. The van der Waals surface area contributed by atoms with E-state index in [4.69, 9.17) is 0 Å². The van der Waals surface area contributed by atoms with Crippen LogP contribution in [0.4, 0.5) is 0 Å². The minimum Gasteiger partial charge on any atom is -0.352 e. The van der Waals surface area contributed by atoms with Crippen LogP contribution in [0.1, 0.15) is 39.2 Å². The van der Waals surface area contributed by atoms with E-state index in [2.05, 4.69) is 36.0 Å². The maximum Gasteiger partial charge on any atom is 0.223 e. The van der Waals surface area contributed by atoms with Gasteiger partial charge in [0.2, 0.25) is 5.91 Å². The van der Waals surface area contributed by atoms with Gasteiger partial charge in [0.15, 0.2) is 0 Å². The molecule has 0 atom stereocenters. The van der Waals surface area contributed by atoms with Crippen LogP contribution >= 0.6 is 0 Å². The van der Waals surface area contributed by atoms with Crippen molar-refractivity contribution in [1.29, 1.82) is 0 Å². The SMILES string of the molecule is CC(C)(C)N1CCC(C(=O)NCc2cccnc2)CC1. The van der Waals surface area contributed by atoms with E-state index < -0.39 is 0 Å². The first kappa shape index (κ1) is 15.0. The van der Waals surface area contributed by atoms with Crippen molar-refractivity contribution in [3.05, 3.63) is 30.1 Å². The Labute approximate surface area is 121 Å². The third-order valence-corrected chi connectivity index (χ3v) is 4.00. The van der Waals surface area contributed by atoms with Crippen molar-refractivity contribution in [2.45, 2.75) is 45.7 Å². The number of pyridine rings is 1.